The summed E-state index contributed by atoms with van der Waals surface area (Å²) in [5, 5.41) is 2.50. The lowest BCUT2D eigenvalue weighted by molar-refractivity contribution is -0.154. The smallest absolute Gasteiger partial charge is 0.321 e. The molecule has 1 rings (SSSR count). The van der Waals surface area contributed by atoms with Crippen LogP contribution in [0, 0.1) is 0 Å². The van der Waals surface area contributed by atoms with E-state index < -0.39 is 22.6 Å². The van der Waals surface area contributed by atoms with Crippen molar-refractivity contribution < 1.29 is 18.5 Å². The second kappa shape index (κ2) is 8.65. The SMILES string of the molecule is CC(C)(C)OC(=O)CN(CCNC=O)S(=O)c1ccccc1. The number of nitrogens with zero attached hydrogens (tertiary/aromatic N) is 1. The highest BCUT2D eigenvalue weighted by molar-refractivity contribution is 7.82. The van der Waals surface area contributed by atoms with E-state index in [1.54, 1.807) is 45.0 Å². The highest BCUT2D eigenvalue weighted by Crippen LogP contribution is 2.12. The van der Waals surface area contributed by atoms with Crippen molar-refractivity contribution in [2.75, 3.05) is 19.6 Å². The van der Waals surface area contributed by atoms with Gasteiger partial charge >= 0.3 is 5.97 Å². The number of nitrogens with one attached hydrogen (secondary N) is 1. The van der Waals surface area contributed by atoms with Crippen LogP contribution in [-0.4, -0.2) is 46.1 Å². The molecule has 0 aliphatic carbocycles. The Morgan fingerprint density at radius 3 is 2.50 bits per heavy atom. The fourth-order valence-electron chi connectivity index (χ4n) is 1.67. The average Bonchev–Trinajstić information content (AvgIpc) is 2.44. The van der Waals surface area contributed by atoms with Crippen LogP contribution in [0.3, 0.4) is 0 Å². The number of esters is 1. The summed E-state index contributed by atoms with van der Waals surface area (Å²) >= 11 is 0. The van der Waals surface area contributed by atoms with Crippen LogP contribution < -0.4 is 5.32 Å². The van der Waals surface area contributed by atoms with Crippen molar-refractivity contribution in [2.45, 2.75) is 31.3 Å². The van der Waals surface area contributed by atoms with Crippen molar-refractivity contribution in [3.05, 3.63) is 30.3 Å². The summed E-state index contributed by atoms with van der Waals surface area (Å²) in [6.45, 7) is 5.79. The van der Waals surface area contributed by atoms with Gasteiger partial charge in [0.1, 0.15) is 23.1 Å². The number of benzene rings is 1. The van der Waals surface area contributed by atoms with Crippen LogP contribution in [-0.2, 0) is 25.3 Å². The average molecular weight is 326 g/mol. The molecule has 7 heteroatoms. The monoisotopic (exact) mass is 326 g/mol. The summed E-state index contributed by atoms with van der Waals surface area (Å²) in [4.78, 5) is 22.9. The minimum absolute atomic E-state index is 0.112. The van der Waals surface area contributed by atoms with Crippen LogP contribution in [0.15, 0.2) is 35.2 Å². The summed E-state index contributed by atoms with van der Waals surface area (Å²) in [6.07, 6.45) is 0.567. The molecule has 0 spiro atoms. The van der Waals surface area contributed by atoms with Crippen molar-refractivity contribution in [3.8, 4) is 0 Å². The van der Waals surface area contributed by atoms with Crippen molar-refractivity contribution in [3.63, 3.8) is 0 Å². The third kappa shape index (κ3) is 6.82. The zero-order chi connectivity index (χ0) is 16.6. The lowest BCUT2D eigenvalue weighted by Gasteiger charge is -2.24. The van der Waals surface area contributed by atoms with Gasteiger partial charge in [-0.05, 0) is 32.9 Å². The molecule has 1 unspecified atom stereocenters. The van der Waals surface area contributed by atoms with Gasteiger partial charge in [0.2, 0.25) is 6.41 Å². The largest absolute Gasteiger partial charge is 0.459 e. The molecular weight excluding hydrogens is 304 g/mol. The van der Waals surface area contributed by atoms with Crippen LogP contribution in [0.1, 0.15) is 20.8 Å². The van der Waals surface area contributed by atoms with E-state index in [2.05, 4.69) is 5.32 Å². The lowest BCUT2D eigenvalue weighted by Crippen LogP contribution is -2.39. The third-order valence-electron chi connectivity index (χ3n) is 2.49. The van der Waals surface area contributed by atoms with E-state index in [1.165, 1.54) is 4.31 Å². The first-order valence-corrected chi connectivity index (χ1v) is 8.05. The van der Waals surface area contributed by atoms with Crippen molar-refractivity contribution >= 4 is 23.4 Å². The number of amides is 1. The predicted octanol–water partition coefficient (Wildman–Crippen LogP) is 1.10. The van der Waals surface area contributed by atoms with Crippen LogP contribution in [0.4, 0.5) is 0 Å². The Hall–Kier alpha value is -1.73. The minimum Gasteiger partial charge on any atom is -0.459 e. The molecule has 122 valence electrons. The molecule has 0 saturated carbocycles. The van der Waals surface area contributed by atoms with Crippen molar-refractivity contribution in [1.82, 2.24) is 9.62 Å². The van der Waals surface area contributed by atoms with E-state index >= 15 is 0 Å². The maximum absolute atomic E-state index is 12.6. The van der Waals surface area contributed by atoms with Gasteiger partial charge in [-0.2, -0.15) is 0 Å². The highest BCUT2D eigenvalue weighted by atomic mass is 32.2. The molecule has 0 fully saturated rings. The van der Waals surface area contributed by atoms with Crippen molar-refractivity contribution in [1.29, 1.82) is 0 Å². The molecule has 0 radical (unpaired) electrons. The van der Waals surface area contributed by atoms with E-state index in [0.29, 0.717) is 17.9 Å². The van der Waals surface area contributed by atoms with E-state index in [-0.39, 0.29) is 13.1 Å². The molecule has 1 amide bonds. The third-order valence-corrected chi connectivity index (χ3v) is 3.95. The van der Waals surface area contributed by atoms with E-state index in [9.17, 15) is 13.8 Å². The number of carbonyl (C=O) groups excluding carboxylic acids is 2. The van der Waals surface area contributed by atoms with Crippen LogP contribution in [0.5, 0.6) is 0 Å². The Bertz CT molecular complexity index is 514. The molecule has 22 heavy (non-hydrogen) atoms. The van der Waals surface area contributed by atoms with Gasteiger partial charge in [0.05, 0.1) is 4.90 Å². The Balaban J connectivity index is 2.77. The van der Waals surface area contributed by atoms with E-state index in [1.807, 2.05) is 6.07 Å². The van der Waals surface area contributed by atoms with Gasteiger partial charge in [0.25, 0.3) is 0 Å². The summed E-state index contributed by atoms with van der Waals surface area (Å²) in [7, 11) is -1.50. The fraction of sp³-hybridized carbons (Fsp3) is 0.467. The molecule has 1 atom stereocenters. The fourth-order valence-corrected chi connectivity index (χ4v) is 2.84. The molecule has 0 aromatic heterocycles. The Labute approximate surface area is 133 Å². The summed E-state index contributed by atoms with van der Waals surface area (Å²) in [6, 6.07) is 8.84. The van der Waals surface area contributed by atoms with Crippen molar-refractivity contribution in [2.24, 2.45) is 0 Å². The van der Waals surface area contributed by atoms with Gasteiger partial charge < -0.3 is 10.1 Å². The van der Waals surface area contributed by atoms with Crippen LogP contribution in [0.25, 0.3) is 0 Å². The van der Waals surface area contributed by atoms with E-state index in [4.69, 9.17) is 4.74 Å². The number of hydrogen-bond donors (Lipinski definition) is 1. The number of hydrogen-bond acceptors (Lipinski definition) is 4. The van der Waals surface area contributed by atoms with Gasteiger partial charge in [-0.1, -0.05) is 18.2 Å². The molecule has 0 saturated heterocycles. The number of carbonyl (C=O) groups is 2. The van der Waals surface area contributed by atoms with E-state index in [0.717, 1.165) is 0 Å². The lowest BCUT2D eigenvalue weighted by atomic mass is 10.2. The van der Waals surface area contributed by atoms with Gasteiger partial charge in [-0.15, -0.1) is 0 Å². The van der Waals surface area contributed by atoms with Gasteiger partial charge in [-0.25, -0.2) is 8.51 Å². The molecule has 1 N–H and O–H groups in total. The minimum atomic E-state index is -1.50. The molecule has 1 aromatic carbocycles. The zero-order valence-electron chi connectivity index (χ0n) is 13.1. The molecule has 1 aromatic rings. The standard InChI is InChI=1S/C15H22N2O4S/c1-15(2,3)21-14(19)11-17(10-9-16-12-18)22(20)13-7-5-4-6-8-13/h4-8,12H,9-11H2,1-3H3,(H,16,18). The summed E-state index contributed by atoms with van der Waals surface area (Å²) in [5.41, 5.74) is -0.599. The second-order valence-corrected chi connectivity index (χ2v) is 7.07. The van der Waals surface area contributed by atoms with Crippen LogP contribution in [0.2, 0.25) is 0 Å². The first kappa shape index (κ1) is 18.3. The molecule has 0 aliphatic rings. The van der Waals surface area contributed by atoms with Gasteiger partial charge in [0.15, 0.2) is 0 Å². The molecule has 0 aliphatic heterocycles. The predicted molar refractivity (Wildman–Crippen MR) is 84.3 cm³/mol. The number of ether oxygens (including phenoxy) is 1. The Morgan fingerprint density at radius 2 is 1.95 bits per heavy atom. The first-order chi connectivity index (χ1) is 10.3. The first-order valence-electron chi connectivity index (χ1n) is 6.94. The Kier molecular flexibility index (Phi) is 7.20. The quantitative estimate of drug-likeness (QED) is 0.441. The summed E-state index contributed by atoms with van der Waals surface area (Å²) in [5.74, 6) is -0.456. The normalized spacial score (nSPS) is 12.7. The second-order valence-electron chi connectivity index (χ2n) is 5.58. The molecular formula is C15H22N2O4S. The topological polar surface area (TPSA) is 75.7 Å². The maximum atomic E-state index is 12.6. The summed E-state index contributed by atoms with van der Waals surface area (Å²) < 4.78 is 19.3. The number of rotatable bonds is 8. The van der Waals surface area contributed by atoms with Gasteiger partial charge in [-0.3, -0.25) is 9.59 Å². The molecule has 0 heterocycles. The highest BCUT2D eigenvalue weighted by Gasteiger charge is 2.22. The molecule has 6 nitrogen and oxygen atoms in total. The molecule has 0 bridgehead atoms. The zero-order valence-corrected chi connectivity index (χ0v) is 13.9. The van der Waals surface area contributed by atoms with Crippen LogP contribution >= 0.6 is 0 Å². The Morgan fingerprint density at radius 1 is 1.32 bits per heavy atom. The maximum Gasteiger partial charge on any atom is 0.321 e. The van der Waals surface area contributed by atoms with Gasteiger partial charge in [0, 0.05) is 13.1 Å².